The van der Waals surface area contributed by atoms with E-state index in [9.17, 15) is 4.39 Å². The number of nitrogens with zero attached hydrogens (tertiary/aromatic N) is 6. The third-order valence-electron chi connectivity index (χ3n) is 4.39. The first kappa shape index (κ1) is 18.0. The van der Waals surface area contributed by atoms with E-state index >= 15 is 0 Å². The van der Waals surface area contributed by atoms with Crippen LogP contribution in [0.15, 0.2) is 28.8 Å². The molecular weight excluding hydrogens is 367 g/mol. The highest BCUT2D eigenvalue weighted by molar-refractivity contribution is 5.57. The van der Waals surface area contributed by atoms with Crippen molar-refractivity contribution in [2.45, 2.75) is 18.9 Å². The van der Waals surface area contributed by atoms with Crippen LogP contribution in [0.25, 0.3) is 11.6 Å². The van der Waals surface area contributed by atoms with Crippen LogP contribution in [0.3, 0.4) is 0 Å². The summed E-state index contributed by atoms with van der Waals surface area (Å²) in [6.07, 6.45) is 2.02. The summed E-state index contributed by atoms with van der Waals surface area (Å²) in [5.41, 5.74) is 6.25. The van der Waals surface area contributed by atoms with Crippen LogP contribution in [-0.4, -0.2) is 51.4 Å². The number of nitrogens with one attached hydrogen (secondary N) is 1. The SMILES string of the molecule is COC1CCN(c2nc(-c3nc(N)nc(Nc4cccc(F)c4)n3)no2)CC1. The van der Waals surface area contributed by atoms with Crippen LogP contribution in [0.2, 0.25) is 0 Å². The fourth-order valence-corrected chi connectivity index (χ4v) is 2.96. The summed E-state index contributed by atoms with van der Waals surface area (Å²) in [6, 6.07) is 6.30. The number of methoxy groups -OCH3 is 1. The molecule has 2 aromatic heterocycles. The number of hydrogen-bond donors (Lipinski definition) is 2. The van der Waals surface area contributed by atoms with Crippen LogP contribution in [0.4, 0.5) is 28.0 Å². The summed E-state index contributed by atoms with van der Waals surface area (Å²) in [5.74, 6) is 0.109. The number of piperidine rings is 1. The number of benzene rings is 1. The molecular formula is C17H19FN8O2. The van der Waals surface area contributed by atoms with Crippen LogP contribution in [0.1, 0.15) is 12.8 Å². The normalized spacial score (nSPS) is 15.0. The maximum Gasteiger partial charge on any atom is 0.324 e. The molecule has 4 rings (SSSR count). The van der Waals surface area contributed by atoms with Gasteiger partial charge in [-0.3, -0.25) is 0 Å². The molecule has 3 heterocycles. The van der Waals surface area contributed by atoms with Crippen molar-refractivity contribution in [3.8, 4) is 11.6 Å². The van der Waals surface area contributed by atoms with E-state index in [-0.39, 0.29) is 35.5 Å². The molecule has 28 heavy (non-hydrogen) atoms. The molecule has 0 saturated carbocycles. The van der Waals surface area contributed by atoms with Gasteiger partial charge in [-0.2, -0.15) is 19.9 Å². The van der Waals surface area contributed by atoms with Crippen LogP contribution in [-0.2, 0) is 4.74 Å². The molecule has 1 fully saturated rings. The monoisotopic (exact) mass is 386 g/mol. The highest BCUT2D eigenvalue weighted by Gasteiger charge is 2.24. The van der Waals surface area contributed by atoms with Gasteiger partial charge in [0.2, 0.25) is 23.5 Å². The molecule has 11 heteroatoms. The highest BCUT2D eigenvalue weighted by Crippen LogP contribution is 2.23. The van der Waals surface area contributed by atoms with Crippen molar-refractivity contribution >= 4 is 23.6 Å². The lowest BCUT2D eigenvalue weighted by Crippen LogP contribution is -2.36. The lowest BCUT2D eigenvalue weighted by atomic mass is 10.1. The van der Waals surface area contributed by atoms with Crippen molar-refractivity contribution in [3.63, 3.8) is 0 Å². The second-order valence-electron chi connectivity index (χ2n) is 6.30. The lowest BCUT2D eigenvalue weighted by molar-refractivity contribution is 0.0808. The van der Waals surface area contributed by atoms with Gasteiger partial charge in [-0.05, 0) is 31.0 Å². The smallest absolute Gasteiger partial charge is 0.324 e. The first-order chi connectivity index (χ1) is 13.6. The second-order valence-corrected chi connectivity index (χ2v) is 6.30. The van der Waals surface area contributed by atoms with Crippen LogP contribution >= 0.6 is 0 Å². The van der Waals surface area contributed by atoms with Gasteiger partial charge < -0.3 is 25.2 Å². The van der Waals surface area contributed by atoms with E-state index in [4.69, 9.17) is 15.0 Å². The quantitative estimate of drug-likeness (QED) is 0.672. The average Bonchev–Trinajstić information content (AvgIpc) is 3.18. The minimum Gasteiger partial charge on any atom is -0.381 e. The average molecular weight is 386 g/mol. The van der Waals surface area contributed by atoms with Crippen LogP contribution in [0, 0.1) is 5.82 Å². The Balaban J connectivity index is 1.53. The Labute approximate surface area is 160 Å². The maximum atomic E-state index is 13.4. The van der Waals surface area contributed by atoms with Gasteiger partial charge in [0, 0.05) is 25.9 Å². The zero-order valence-electron chi connectivity index (χ0n) is 15.2. The van der Waals surface area contributed by atoms with Gasteiger partial charge in [0.05, 0.1) is 6.10 Å². The number of nitrogens with two attached hydrogens (primary N) is 1. The Kier molecular flexibility index (Phi) is 4.98. The van der Waals surface area contributed by atoms with E-state index in [1.807, 2.05) is 4.90 Å². The summed E-state index contributed by atoms with van der Waals surface area (Å²) in [4.78, 5) is 18.7. The fourth-order valence-electron chi connectivity index (χ4n) is 2.96. The fraction of sp³-hybridized carbons (Fsp3) is 0.353. The van der Waals surface area contributed by atoms with Gasteiger partial charge in [0.25, 0.3) is 0 Å². The van der Waals surface area contributed by atoms with Crippen molar-refractivity contribution < 1.29 is 13.7 Å². The minimum absolute atomic E-state index is 0.0174. The van der Waals surface area contributed by atoms with E-state index in [2.05, 4.69) is 30.4 Å². The van der Waals surface area contributed by atoms with E-state index < -0.39 is 0 Å². The molecule has 146 valence electrons. The number of aromatic nitrogens is 5. The molecule has 1 aliphatic heterocycles. The van der Waals surface area contributed by atoms with Gasteiger partial charge in [-0.25, -0.2) is 4.39 Å². The van der Waals surface area contributed by atoms with Crippen molar-refractivity contribution in [1.82, 2.24) is 25.1 Å². The summed E-state index contributed by atoms with van der Waals surface area (Å²) >= 11 is 0. The van der Waals surface area contributed by atoms with Gasteiger partial charge in [0.15, 0.2) is 0 Å². The van der Waals surface area contributed by atoms with E-state index in [0.29, 0.717) is 11.7 Å². The predicted molar refractivity (Wildman–Crippen MR) is 99.5 cm³/mol. The van der Waals surface area contributed by atoms with E-state index in [1.54, 1.807) is 19.2 Å². The van der Waals surface area contributed by atoms with Crippen molar-refractivity contribution in [2.75, 3.05) is 36.1 Å². The molecule has 0 radical (unpaired) electrons. The zero-order chi connectivity index (χ0) is 19.5. The molecule has 3 N–H and O–H groups in total. The number of halogens is 1. The summed E-state index contributed by atoms with van der Waals surface area (Å²) in [5, 5.41) is 6.83. The Bertz CT molecular complexity index is 958. The summed E-state index contributed by atoms with van der Waals surface area (Å²) in [6.45, 7) is 1.51. The number of ether oxygens (including phenoxy) is 1. The van der Waals surface area contributed by atoms with Crippen LogP contribution in [0.5, 0.6) is 0 Å². The van der Waals surface area contributed by atoms with Crippen molar-refractivity contribution in [1.29, 1.82) is 0 Å². The lowest BCUT2D eigenvalue weighted by Gasteiger charge is -2.29. The molecule has 0 amide bonds. The summed E-state index contributed by atoms with van der Waals surface area (Å²) in [7, 11) is 1.71. The molecule has 0 bridgehead atoms. The summed E-state index contributed by atoms with van der Waals surface area (Å²) < 4.78 is 24.1. The van der Waals surface area contributed by atoms with Gasteiger partial charge in [0.1, 0.15) is 5.82 Å². The Morgan fingerprint density at radius 3 is 2.75 bits per heavy atom. The second kappa shape index (κ2) is 7.72. The molecule has 0 aliphatic carbocycles. The Morgan fingerprint density at radius 2 is 2.00 bits per heavy atom. The molecule has 0 unspecified atom stereocenters. The molecule has 10 nitrogen and oxygen atoms in total. The molecule has 3 aromatic rings. The molecule has 0 spiro atoms. The maximum absolute atomic E-state index is 13.4. The Hall–Kier alpha value is -3.34. The Morgan fingerprint density at radius 1 is 1.18 bits per heavy atom. The number of anilines is 4. The highest BCUT2D eigenvalue weighted by atomic mass is 19.1. The molecule has 1 aromatic carbocycles. The number of rotatable bonds is 5. The zero-order valence-corrected chi connectivity index (χ0v) is 15.2. The van der Waals surface area contributed by atoms with Gasteiger partial charge >= 0.3 is 6.01 Å². The largest absolute Gasteiger partial charge is 0.381 e. The van der Waals surface area contributed by atoms with Crippen molar-refractivity contribution in [2.24, 2.45) is 0 Å². The van der Waals surface area contributed by atoms with Gasteiger partial charge in [-0.1, -0.05) is 11.2 Å². The topological polar surface area (TPSA) is 128 Å². The van der Waals surface area contributed by atoms with E-state index in [1.165, 1.54) is 12.1 Å². The number of hydrogen-bond acceptors (Lipinski definition) is 10. The first-order valence-corrected chi connectivity index (χ1v) is 8.76. The third-order valence-corrected chi connectivity index (χ3v) is 4.39. The molecule has 1 aliphatic rings. The third kappa shape index (κ3) is 3.98. The first-order valence-electron chi connectivity index (χ1n) is 8.76. The van der Waals surface area contributed by atoms with Gasteiger partial charge in [-0.15, -0.1) is 0 Å². The number of nitrogen functional groups attached to an aromatic ring is 1. The van der Waals surface area contributed by atoms with Crippen molar-refractivity contribution in [3.05, 3.63) is 30.1 Å². The minimum atomic E-state index is -0.382. The van der Waals surface area contributed by atoms with Crippen LogP contribution < -0.4 is 16.0 Å². The molecule has 0 atom stereocenters. The standard InChI is InChI=1S/C17H19FN8O2/c1-27-12-5-7-26(8-6-12)17-23-14(25-28-17)13-21-15(19)24-16(22-13)20-11-4-2-3-10(18)9-11/h2-4,9,12H,5-8H2,1H3,(H3,19,20,21,22,24). The predicted octanol–water partition coefficient (Wildman–Crippen LogP) is 2.00. The van der Waals surface area contributed by atoms with E-state index in [0.717, 1.165) is 25.9 Å². The molecule has 1 saturated heterocycles.